The van der Waals surface area contributed by atoms with E-state index in [0.29, 0.717) is 22.3 Å². The Kier molecular flexibility index (Phi) is 4.67. The smallest absolute Gasteiger partial charge is 0.288 e. The summed E-state index contributed by atoms with van der Waals surface area (Å²) in [7, 11) is 1.59. The first-order valence-corrected chi connectivity index (χ1v) is 6.49. The van der Waals surface area contributed by atoms with Crippen LogP contribution in [0.15, 0.2) is 35.4 Å². The van der Waals surface area contributed by atoms with Gasteiger partial charge in [-0.2, -0.15) is 13.8 Å². The molecule has 4 nitrogen and oxygen atoms in total. The van der Waals surface area contributed by atoms with E-state index in [0.717, 1.165) is 6.20 Å². The highest BCUT2D eigenvalue weighted by Gasteiger charge is 2.12. The molecule has 0 spiro atoms. The zero-order valence-corrected chi connectivity index (χ0v) is 11.2. The second kappa shape index (κ2) is 6.47. The summed E-state index contributed by atoms with van der Waals surface area (Å²) < 4.78 is 38.5. The van der Waals surface area contributed by atoms with Crippen molar-refractivity contribution in [3.8, 4) is 0 Å². The summed E-state index contributed by atoms with van der Waals surface area (Å²) in [6.07, 6.45) is 1.00. The van der Waals surface area contributed by atoms with Gasteiger partial charge in [-0.25, -0.2) is 9.37 Å². The van der Waals surface area contributed by atoms with Crippen molar-refractivity contribution in [2.24, 2.45) is 0 Å². The molecule has 0 amide bonds. The molecule has 0 aliphatic rings. The van der Waals surface area contributed by atoms with Crippen LogP contribution in [-0.4, -0.2) is 22.8 Å². The molecule has 1 aromatic carbocycles. The summed E-state index contributed by atoms with van der Waals surface area (Å²) >= 11 is 0.383. The van der Waals surface area contributed by atoms with Crippen molar-refractivity contribution in [1.82, 2.24) is 9.97 Å². The van der Waals surface area contributed by atoms with Gasteiger partial charge < -0.3 is 10.6 Å². The molecule has 0 bridgehead atoms. The van der Waals surface area contributed by atoms with Crippen LogP contribution < -0.4 is 10.6 Å². The van der Waals surface area contributed by atoms with Crippen LogP contribution in [0.5, 0.6) is 0 Å². The van der Waals surface area contributed by atoms with Gasteiger partial charge in [-0.05, 0) is 12.1 Å². The Labute approximate surface area is 117 Å². The summed E-state index contributed by atoms with van der Waals surface area (Å²) in [4.78, 5) is 7.92. The number of hydrogen-bond donors (Lipinski definition) is 2. The number of rotatable bonds is 5. The van der Waals surface area contributed by atoms with E-state index in [1.165, 1.54) is 6.07 Å². The topological polar surface area (TPSA) is 49.8 Å². The molecule has 0 aliphatic heterocycles. The minimum atomic E-state index is -2.55. The maximum Gasteiger partial charge on any atom is 0.288 e. The third-order valence-electron chi connectivity index (χ3n) is 2.32. The first kappa shape index (κ1) is 14.4. The van der Waals surface area contributed by atoms with Crippen molar-refractivity contribution in [1.29, 1.82) is 0 Å². The van der Waals surface area contributed by atoms with Crippen molar-refractivity contribution in [3.63, 3.8) is 0 Å². The fourth-order valence-electron chi connectivity index (χ4n) is 1.47. The van der Waals surface area contributed by atoms with Crippen molar-refractivity contribution in [2.45, 2.75) is 10.7 Å². The Morgan fingerprint density at radius 1 is 1.25 bits per heavy atom. The van der Waals surface area contributed by atoms with Gasteiger partial charge in [0.1, 0.15) is 0 Å². The predicted octanol–water partition coefficient (Wildman–Crippen LogP) is 3.72. The summed E-state index contributed by atoms with van der Waals surface area (Å²) in [5.41, 5.74) is 0.359. The van der Waals surface area contributed by atoms with Gasteiger partial charge in [-0.3, -0.25) is 0 Å². The molecule has 0 atom stereocenters. The minimum Gasteiger partial charge on any atom is -0.357 e. The first-order chi connectivity index (χ1) is 9.60. The van der Waals surface area contributed by atoms with Crippen LogP contribution in [0, 0.1) is 5.82 Å². The number of hydrogen-bond acceptors (Lipinski definition) is 5. The fourth-order valence-corrected chi connectivity index (χ4v) is 2.07. The number of thioether (sulfide) groups is 1. The lowest BCUT2D eigenvalue weighted by molar-refractivity contribution is 0.252. The van der Waals surface area contributed by atoms with Crippen LogP contribution in [0.3, 0.4) is 0 Å². The Morgan fingerprint density at radius 3 is 2.70 bits per heavy atom. The number of nitrogens with one attached hydrogen (secondary N) is 2. The average Bonchev–Trinajstić information content (AvgIpc) is 2.43. The lowest BCUT2D eigenvalue weighted by Crippen LogP contribution is -2.03. The lowest BCUT2D eigenvalue weighted by Gasteiger charge is -2.11. The monoisotopic (exact) mass is 300 g/mol. The van der Waals surface area contributed by atoms with Gasteiger partial charge >= 0.3 is 0 Å². The van der Waals surface area contributed by atoms with Crippen molar-refractivity contribution < 1.29 is 13.2 Å². The van der Waals surface area contributed by atoms with Gasteiger partial charge in [0, 0.05) is 11.9 Å². The van der Waals surface area contributed by atoms with Crippen molar-refractivity contribution >= 4 is 29.2 Å². The van der Waals surface area contributed by atoms with E-state index in [9.17, 15) is 13.2 Å². The molecular formula is C12H11F3N4S. The summed E-state index contributed by atoms with van der Waals surface area (Å²) in [5.74, 6) is -3.07. The van der Waals surface area contributed by atoms with Crippen molar-refractivity contribution in [2.75, 3.05) is 17.7 Å². The van der Waals surface area contributed by atoms with E-state index >= 15 is 0 Å². The number of alkyl halides is 2. The molecule has 20 heavy (non-hydrogen) atoms. The predicted molar refractivity (Wildman–Crippen MR) is 73.1 cm³/mol. The summed E-state index contributed by atoms with van der Waals surface area (Å²) in [6, 6.07) is 6.39. The quantitative estimate of drug-likeness (QED) is 0.824. The zero-order valence-electron chi connectivity index (χ0n) is 10.4. The molecule has 106 valence electrons. The van der Waals surface area contributed by atoms with Crippen LogP contribution in [0.25, 0.3) is 0 Å². The number of aromatic nitrogens is 2. The summed E-state index contributed by atoms with van der Waals surface area (Å²) in [5, 5.41) is 5.37. The third kappa shape index (κ3) is 3.53. The molecule has 0 saturated carbocycles. The Bertz CT molecular complexity index is 595. The maximum atomic E-state index is 13.6. The van der Waals surface area contributed by atoms with E-state index in [2.05, 4.69) is 20.6 Å². The van der Waals surface area contributed by atoms with E-state index in [4.69, 9.17) is 0 Å². The molecular weight excluding hydrogens is 289 g/mol. The molecule has 1 heterocycles. The van der Waals surface area contributed by atoms with Crippen molar-refractivity contribution in [3.05, 3.63) is 36.3 Å². The summed E-state index contributed by atoms with van der Waals surface area (Å²) in [6.45, 7) is 0. The van der Waals surface area contributed by atoms with Crippen LogP contribution in [0.2, 0.25) is 0 Å². The Hall–Kier alpha value is -1.96. The van der Waals surface area contributed by atoms with Gasteiger partial charge in [-0.15, -0.1) is 0 Å². The normalized spacial score (nSPS) is 10.7. The lowest BCUT2D eigenvalue weighted by atomic mass is 10.3. The van der Waals surface area contributed by atoms with E-state index in [1.54, 1.807) is 25.2 Å². The van der Waals surface area contributed by atoms with Gasteiger partial charge in [0.15, 0.2) is 11.6 Å². The molecule has 0 saturated heterocycles. The first-order valence-electron chi connectivity index (χ1n) is 5.61. The Morgan fingerprint density at radius 2 is 2.00 bits per heavy atom. The maximum absolute atomic E-state index is 13.6. The largest absolute Gasteiger partial charge is 0.357 e. The van der Waals surface area contributed by atoms with Gasteiger partial charge in [0.25, 0.3) is 5.76 Å². The number of nitrogens with zero attached hydrogens (tertiary/aromatic N) is 2. The highest BCUT2D eigenvalue weighted by atomic mass is 32.2. The van der Waals surface area contributed by atoms with E-state index in [1.807, 2.05) is 0 Å². The van der Waals surface area contributed by atoms with E-state index in [-0.39, 0.29) is 11.8 Å². The highest BCUT2D eigenvalue weighted by molar-refractivity contribution is 7.99. The van der Waals surface area contributed by atoms with Gasteiger partial charge in [0.2, 0.25) is 5.95 Å². The molecule has 2 rings (SSSR count). The number of halogens is 3. The molecule has 0 fully saturated rings. The fraction of sp³-hybridized carbons (Fsp3) is 0.167. The van der Waals surface area contributed by atoms with Crippen LogP contribution >= 0.6 is 11.8 Å². The minimum absolute atomic E-state index is 0.0772. The van der Waals surface area contributed by atoms with Crippen LogP contribution in [0.1, 0.15) is 0 Å². The van der Waals surface area contributed by atoms with Crippen LogP contribution in [0.4, 0.5) is 30.6 Å². The SMILES string of the molecule is CNc1ncc(F)c(Nc2ccccc2SC(F)F)n1. The second-order valence-electron chi connectivity index (χ2n) is 3.64. The highest BCUT2D eigenvalue weighted by Crippen LogP contribution is 2.33. The van der Waals surface area contributed by atoms with E-state index < -0.39 is 11.6 Å². The second-order valence-corrected chi connectivity index (χ2v) is 4.67. The Balaban J connectivity index is 2.30. The number of para-hydroxylation sites is 1. The molecule has 0 aliphatic carbocycles. The molecule has 2 aromatic rings. The molecule has 0 radical (unpaired) electrons. The van der Waals surface area contributed by atoms with Crippen LogP contribution in [-0.2, 0) is 0 Å². The number of benzene rings is 1. The molecule has 8 heteroatoms. The molecule has 1 aromatic heterocycles. The number of anilines is 3. The molecule has 0 unspecified atom stereocenters. The van der Waals surface area contributed by atoms with Gasteiger partial charge in [-0.1, -0.05) is 23.9 Å². The molecule has 2 N–H and O–H groups in total. The third-order valence-corrected chi connectivity index (χ3v) is 3.11. The standard InChI is InChI=1S/C12H11F3N4S/c1-16-12-17-6-7(13)10(19-12)18-8-4-2-3-5-9(8)20-11(14)15/h2-6,11H,1H3,(H2,16,17,18,19). The zero-order chi connectivity index (χ0) is 14.5. The average molecular weight is 300 g/mol. The van der Waals surface area contributed by atoms with Gasteiger partial charge in [0.05, 0.1) is 11.9 Å².